The monoisotopic (exact) mass is 335 g/mol. The summed E-state index contributed by atoms with van der Waals surface area (Å²) < 4.78 is 16.3. The molecule has 0 unspecified atom stereocenters. The van der Waals surface area contributed by atoms with Gasteiger partial charge in [0.25, 0.3) is 0 Å². The quantitative estimate of drug-likeness (QED) is 0.507. The number of ether oxygens (including phenoxy) is 3. The second-order valence-electron chi connectivity index (χ2n) is 6.09. The van der Waals surface area contributed by atoms with Gasteiger partial charge in [-0.3, -0.25) is 4.99 Å². The Morgan fingerprint density at radius 3 is 2.62 bits per heavy atom. The van der Waals surface area contributed by atoms with Crippen molar-refractivity contribution >= 4 is 11.6 Å². The summed E-state index contributed by atoms with van der Waals surface area (Å²) in [4.78, 5) is 4.51. The van der Waals surface area contributed by atoms with Crippen LogP contribution in [-0.2, 0) is 4.74 Å². The zero-order valence-electron chi connectivity index (χ0n) is 14.9. The average Bonchev–Trinajstić information content (AvgIpc) is 3.34. The number of hydrogen-bond donors (Lipinski definition) is 2. The van der Waals surface area contributed by atoms with Crippen molar-refractivity contribution in [3.05, 3.63) is 18.2 Å². The van der Waals surface area contributed by atoms with Gasteiger partial charge in [0.15, 0.2) is 5.96 Å². The lowest BCUT2D eigenvalue weighted by atomic mass is 10.0. The number of benzene rings is 1. The third-order valence-corrected chi connectivity index (χ3v) is 4.20. The molecule has 24 heavy (non-hydrogen) atoms. The van der Waals surface area contributed by atoms with E-state index >= 15 is 0 Å². The van der Waals surface area contributed by atoms with Crippen LogP contribution in [0, 0.1) is 5.41 Å². The molecule has 0 atom stereocenters. The highest BCUT2D eigenvalue weighted by molar-refractivity contribution is 5.94. The molecule has 0 saturated heterocycles. The van der Waals surface area contributed by atoms with Gasteiger partial charge in [-0.1, -0.05) is 0 Å². The number of hydrogen-bond acceptors (Lipinski definition) is 4. The molecule has 0 radical (unpaired) electrons. The van der Waals surface area contributed by atoms with Crippen LogP contribution < -0.4 is 20.5 Å². The first-order valence-electron chi connectivity index (χ1n) is 8.58. The van der Waals surface area contributed by atoms with E-state index in [2.05, 4.69) is 10.3 Å². The van der Waals surface area contributed by atoms with E-state index in [9.17, 15) is 0 Å². The molecule has 6 heteroatoms. The molecule has 0 aliphatic heterocycles. The number of nitrogens with zero attached hydrogens (tertiary/aromatic N) is 1. The van der Waals surface area contributed by atoms with Crippen LogP contribution >= 0.6 is 0 Å². The lowest BCUT2D eigenvalue weighted by molar-refractivity contribution is 0.174. The molecular formula is C18H29N3O3. The van der Waals surface area contributed by atoms with Gasteiger partial charge < -0.3 is 25.3 Å². The molecule has 0 spiro atoms. The highest BCUT2D eigenvalue weighted by Gasteiger charge is 2.41. The van der Waals surface area contributed by atoms with Crippen LogP contribution in [0.25, 0.3) is 0 Å². The molecule has 3 N–H and O–H groups in total. The smallest absolute Gasteiger partial charge is 0.193 e. The maximum absolute atomic E-state index is 6.07. The van der Waals surface area contributed by atoms with E-state index in [1.165, 1.54) is 12.8 Å². The van der Waals surface area contributed by atoms with Gasteiger partial charge >= 0.3 is 0 Å². The van der Waals surface area contributed by atoms with Gasteiger partial charge in [0.1, 0.15) is 11.5 Å². The fourth-order valence-electron chi connectivity index (χ4n) is 2.56. The van der Waals surface area contributed by atoms with Crippen molar-refractivity contribution in [2.75, 3.05) is 38.8 Å². The summed E-state index contributed by atoms with van der Waals surface area (Å²) >= 11 is 0. The third kappa shape index (κ3) is 5.30. The summed E-state index contributed by atoms with van der Waals surface area (Å²) in [6.07, 6.45) is 3.42. The maximum Gasteiger partial charge on any atom is 0.193 e. The number of rotatable bonds is 10. The minimum Gasteiger partial charge on any atom is -0.494 e. The van der Waals surface area contributed by atoms with Crippen molar-refractivity contribution in [3.8, 4) is 11.5 Å². The second-order valence-corrected chi connectivity index (χ2v) is 6.09. The van der Waals surface area contributed by atoms with Gasteiger partial charge in [-0.15, -0.1) is 0 Å². The molecule has 0 heterocycles. The molecule has 1 aliphatic carbocycles. The van der Waals surface area contributed by atoms with Crippen LogP contribution in [0.1, 0.15) is 33.1 Å². The van der Waals surface area contributed by atoms with E-state index in [0.717, 1.165) is 36.8 Å². The van der Waals surface area contributed by atoms with E-state index in [1.54, 1.807) is 7.11 Å². The Balaban J connectivity index is 2.02. The maximum atomic E-state index is 6.07. The minimum atomic E-state index is 0.276. The second kappa shape index (κ2) is 8.78. The first-order valence-corrected chi connectivity index (χ1v) is 8.58. The van der Waals surface area contributed by atoms with E-state index in [-0.39, 0.29) is 5.41 Å². The van der Waals surface area contributed by atoms with Gasteiger partial charge in [0, 0.05) is 26.3 Å². The number of methoxy groups -OCH3 is 1. The Kier molecular flexibility index (Phi) is 6.73. The molecule has 0 aromatic heterocycles. The fraction of sp³-hybridized carbons (Fsp3) is 0.611. The van der Waals surface area contributed by atoms with E-state index in [1.807, 2.05) is 32.0 Å². The zero-order valence-corrected chi connectivity index (χ0v) is 14.9. The summed E-state index contributed by atoms with van der Waals surface area (Å²) in [5.74, 6) is 1.91. The molecule has 1 fully saturated rings. The highest BCUT2D eigenvalue weighted by atomic mass is 16.5. The molecule has 1 saturated carbocycles. The van der Waals surface area contributed by atoms with Crippen LogP contribution in [0.3, 0.4) is 0 Å². The summed E-state index contributed by atoms with van der Waals surface area (Å²) in [7, 11) is 1.73. The molecule has 1 aliphatic rings. The van der Waals surface area contributed by atoms with Crippen LogP contribution in [0.4, 0.5) is 5.69 Å². The van der Waals surface area contributed by atoms with Gasteiger partial charge in [-0.05, 0) is 50.7 Å². The number of nitrogens with one attached hydrogen (secondary N) is 1. The third-order valence-electron chi connectivity index (χ3n) is 4.20. The lowest BCUT2D eigenvalue weighted by Gasteiger charge is -2.15. The van der Waals surface area contributed by atoms with E-state index in [0.29, 0.717) is 19.2 Å². The topological polar surface area (TPSA) is 78.1 Å². The van der Waals surface area contributed by atoms with Crippen molar-refractivity contribution in [3.63, 3.8) is 0 Å². The van der Waals surface area contributed by atoms with Crippen LogP contribution in [0.2, 0.25) is 0 Å². The molecule has 2 rings (SSSR count). The molecule has 134 valence electrons. The van der Waals surface area contributed by atoms with Crippen LogP contribution in [-0.4, -0.2) is 39.4 Å². The SMILES string of the molecule is CCOc1ccc(OCC)c(NC(N)=NCC2(CCOC)CC2)c1. The molecule has 0 bridgehead atoms. The van der Waals surface area contributed by atoms with Crippen molar-refractivity contribution in [1.82, 2.24) is 0 Å². The molecular weight excluding hydrogens is 306 g/mol. The first kappa shape index (κ1) is 18.4. The average molecular weight is 335 g/mol. The predicted molar refractivity (Wildman–Crippen MR) is 97.1 cm³/mol. The standard InChI is InChI=1S/C18H29N3O3/c1-4-23-14-6-7-16(24-5-2)15(12-14)21-17(19)20-13-18(8-9-18)10-11-22-3/h6-7,12H,4-5,8-11,13H2,1-3H3,(H3,19,20,21). The zero-order chi connectivity index (χ0) is 17.4. The lowest BCUT2D eigenvalue weighted by Crippen LogP contribution is -2.24. The molecule has 6 nitrogen and oxygen atoms in total. The summed E-state index contributed by atoms with van der Waals surface area (Å²) in [6.45, 7) is 6.59. The largest absolute Gasteiger partial charge is 0.494 e. The normalized spacial score (nSPS) is 15.9. The van der Waals surface area contributed by atoms with Crippen molar-refractivity contribution in [2.45, 2.75) is 33.1 Å². The van der Waals surface area contributed by atoms with Crippen molar-refractivity contribution in [1.29, 1.82) is 0 Å². The fourth-order valence-corrected chi connectivity index (χ4v) is 2.56. The number of aliphatic imine (C=N–C) groups is 1. The van der Waals surface area contributed by atoms with Gasteiger partial charge in [-0.2, -0.15) is 0 Å². The first-order chi connectivity index (χ1) is 11.6. The van der Waals surface area contributed by atoms with Crippen molar-refractivity contribution < 1.29 is 14.2 Å². The summed E-state index contributed by atoms with van der Waals surface area (Å²) in [5, 5.41) is 3.14. The Bertz CT molecular complexity index is 556. The Morgan fingerprint density at radius 2 is 2.00 bits per heavy atom. The number of nitrogens with two attached hydrogens (primary N) is 1. The van der Waals surface area contributed by atoms with Gasteiger partial charge in [-0.25, -0.2) is 0 Å². The van der Waals surface area contributed by atoms with E-state index in [4.69, 9.17) is 19.9 Å². The van der Waals surface area contributed by atoms with Crippen molar-refractivity contribution in [2.24, 2.45) is 16.1 Å². The summed E-state index contributed by atoms with van der Waals surface area (Å²) in [6, 6.07) is 5.65. The number of guanidine groups is 1. The Hall–Kier alpha value is -1.95. The van der Waals surface area contributed by atoms with Crippen LogP contribution in [0.5, 0.6) is 11.5 Å². The minimum absolute atomic E-state index is 0.276. The van der Waals surface area contributed by atoms with Gasteiger partial charge in [0.05, 0.1) is 18.9 Å². The Labute approximate surface area is 144 Å². The number of anilines is 1. The van der Waals surface area contributed by atoms with Crippen LogP contribution in [0.15, 0.2) is 23.2 Å². The molecule has 1 aromatic carbocycles. The summed E-state index contributed by atoms with van der Waals surface area (Å²) in [5.41, 5.74) is 7.11. The van der Waals surface area contributed by atoms with E-state index < -0.39 is 0 Å². The predicted octanol–water partition coefficient (Wildman–Crippen LogP) is 3.03. The van der Waals surface area contributed by atoms with Gasteiger partial charge in [0.2, 0.25) is 0 Å². The Morgan fingerprint density at radius 1 is 1.25 bits per heavy atom. The highest BCUT2D eigenvalue weighted by Crippen LogP contribution is 2.49. The molecule has 0 amide bonds. The molecule has 1 aromatic rings.